The molecule has 0 bridgehead atoms. The molecule has 2 heterocycles. The monoisotopic (exact) mass is 536 g/mol. The smallest absolute Gasteiger partial charge is 0.263 e. The van der Waals surface area contributed by atoms with Gasteiger partial charge in [-0.3, -0.25) is 9.52 Å². The summed E-state index contributed by atoms with van der Waals surface area (Å²) in [6, 6.07) is 11.3. The van der Waals surface area contributed by atoms with Crippen LogP contribution in [0.15, 0.2) is 69.9 Å². The molecule has 2 aromatic carbocycles. The molecule has 10 nitrogen and oxygen atoms in total. The van der Waals surface area contributed by atoms with E-state index in [1.54, 1.807) is 5.38 Å². The number of morpholine rings is 1. The van der Waals surface area contributed by atoms with E-state index in [0.717, 1.165) is 11.3 Å². The first-order chi connectivity index (χ1) is 16.5. The van der Waals surface area contributed by atoms with Crippen LogP contribution in [0.1, 0.15) is 24.2 Å². The molecule has 0 aliphatic carbocycles. The summed E-state index contributed by atoms with van der Waals surface area (Å²) in [6.07, 6.45) is 1.08. The molecule has 2 N–H and O–H groups in total. The van der Waals surface area contributed by atoms with Crippen molar-refractivity contribution in [3.05, 3.63) is 65.7 Å². The third-order valence-corrected chi connectivity index (χ3v) is 9.24. The third-order valence-electron chi connectivity index (χ3n) is 5.22. The summed E-state index contributed by atoms with van der Waals surface area (Å²) in [6.45, 7) is 4.18. The quantitative estimate of drug-likeness (QED) is 0.474. The molecule has 0 spiro atoms. The van der Waals surface area contributed by atoms with Gasteiger partial charge in [-0.2, -0.15) is 4.31 Å². The molecule has 186 valence electrons. The molecule has 1 fully saturated rings. The molecule has 1 amide bonds. The minimum atomic E-state index is -3.80. The predicted octanol–water partition coefficient (Wildman–Crippen LogP) is 2.99. The lowest BCUT2D eigenvalue weighted by molar-refractivity contribution is -0.0440. The van der Waals surface area contributed by atoms with Gasteiger partial charge < -0.3 is 10.1 Å². The van der Waals surface area contributed by atoms with E-state index in [1.807, 2.05) is 13.8 Å². The van der Waals surface area contributed by atoms with Crippen LogP contribution in [0.4, 0.5) is 10.8 Å². The summed E-state index contributed by atoms with van der Waals surface area (Å²) >= 11 is 1.16. The number of benzene rings is 2. The van der Waals surface area contributed by atoms with Gasteiger partial charge in [-0.1, -0.05) is 0 Å². The highest BCUT2D eigenvalue weighted by Crippen LogP contribution is 2.23. The molecule has 1 aromatic heterocycles. The topological polar surface area (TPSA) is 135 Å². The summed E-state index contributed by atoms with van der Waals surface area (Å²) in [4.78, 5) is 16.6. The molecule has 0 unspecified atom stereocenters. The zero-order valence-corrected chi connectivity index (χ0v) is 21.4. The third kappa shape index (κ3) is 5.87. The van der Waals surface area contributed by atoms with Crippen molar-refractivity contribution in [1.29, 1.82) is 0 Å². The van der Waals surface area contributed by atoms with Crippen molar-refractivity contribution in [3.8, 4) is 0 Å². The van der Waals surface area contributed by atoms with Gasteiger partial charge in [0.25, 0.3) is 15.9 Å². The van der Waals surface area contributed by atoms with Crippen LogP contribution in [-0.4, -0.2) is 57.3 Å². The van der Waals surface area contributed by atoms with Gasteiger partial charge in [0.05, 0.1) is 22.0 Å². The predicted molar refractivity (Wildman–Crippen MR) is 133 cm³/mol. The molecule has 0 saturated carbocycles. The van der Waals surface area contributed by atoms with Crippen LogP contribution in [0.25, 0.3) is 0 Å². The fraction of sp³-hybridized carbons (Fsp3) is 0.273. The summed E-state index contributed by atoms with van der Waals surface area (Å²) in [7, 11) is -7.51. The second-order valence-corrected chi connectivity index (χ2v) is 12.5. The van der Waals surface area contributed by atoms with Crippen molar-refractivity contribution in [2.75, 3.05) is 23.1 Å². The maximum atomic E-state index is 13.0. The van der Waals surface area contributed by atoms with Crippen molar-refractivity contribution in [2.45, 2.75) is 35.8 Å². The van der Waals surface area contributed by atoms with Gasteiger partial charge in [-0.15, -0.1) is 11.3 Å². The number of thiazole rings is 1. The lowest BCUT2D eigenvalue weighted by atomic mass is 10.2. The Kier molecular flexibility index (Phi) is 7.24. The van der Waals surface area contributed by atoms with E-state index in [2.05, 4.69) is 15.0 Å². The van der Waals surface area contributed by atoms with Crippen LogP contribution in [0.2, 0.25) is 0 Å². The Labute approximate surface area is 208 Å². The minimum absolute atomic E-state index is 0.0204. The Balaban J connectivity index is 1.42. The molecule has 1 saturated heterocycles. The first-order valence-corrected chi connectivity index (χ1v) is 14.4. The van der Waals surface area contributed by atoms with Gasteiger partial charge in [0.15, 0.2) is 5.13 Å². The van der Waals surface area contributed by atoms with Gasteiger partial charge in [-0.05, 0) is 62.4 Å². The second kappa shape index (κ2) is 10.0. The van der Waals surface area contributed by atoms with Crippen LogP contribution >= 0.6 is 11.3 Å². The number of hydrogen-bond acceptors (Lipinski definition) is 8. The minimum Gasteiger partial charge on any atom is -0.373 e. The molecule has 35 heavy (non-hydrogen) atoms. The van der Waals surface area contributed by atoms with E-state index in [0.29, 0.717) is 5.69 Å². The number of rotatable bonds is 7. The van der Waals surface area contributed by atoms with E-state index in [-0.39, 0.29) is 45.8 Å². The second-order valence-electron chi connectivity index (χ2n) is 8.02. The Hall–Kier alpha value is -2.84. The molecule has 4 rings (SSSR count). The molecule has 1 aliphatic rings. The van der Waals surface area contributed by atoms with Crippen LogP contribution in [0.3, 0.4) is 0 Å². The number of carbonyl (C=O) groups is 1. The highest BCUT2D eigenvalue weighted by Gasteiger charge is 2.32. The average molecular weight is 537 g/mol. The van der Waals surface area contributed by atoms with Crippen molar-refractivity contribution >= 4 is 48.1 Å². The average Bonchev–Trinajstić information content (AvgIpc) is 3.31. The van der Waals surface area contributed by atoms with Gasteiger partial charge in [0.2, 0.25) is 10.0 Å². The normalized spacial score (nSPS) is 19.3. The van der Waals surface area contributed by atoms with Crippen molar-refractivity contribution in [3.63, 3.8) is 0 Å². The maximum Gasteiger partial charge on any atom is 0.263 e. The van der Waals surface area contributed by atoms with Gasteiger partial charge in [-0.25, -0.2) is 21.8 Å². The SMILES string of the molecule is C[C@@H]1CN(S(=O)(=O)c2ccc(C(=O)Nc3ccc(S(=O)(=O)Nc4nccs4)cc3)cc2)C[C@@H](C)O1. The number of anilines is 2. The molecular weight excluding hydrogens is 512 g/mol. The van der Waals surface area contributed by atoms with Crippen molar-refractivity contribution in [2.24, 2.45) is 0 Å². The van der Waals surface area contributed by atoms with Crippen LogP contribution in [0.5, 0.6) is 0 Å². The number of sulfonamides is 2. The maximum absolute atomic E-state index is 13.0. The largest absolute Gasteiger partial charge is 0.373 e. The first-order valence-electron chi connectivity index (χ1n) is 10.6. The van der Waals surface area contributed by atoms with Crippen LogP contribution < -0.4 is 10.0 Å². The molecular formula is C22H24N4O6S3. The van der Waals surface area contributed by atoms with E-state index in [1.165, 1.54) is 59.0 Å². The molecule has 3 aromatic rings. The van der Waals surface area contributed by atoms with E-state index >= 15 is 0 Å². The number of hydrogen-bond donors (Lipinski definition) is 2. The summed E-state index contributed by atoms with van der Waals surface area (Å²) in [5, 5.41) is 4.58. The Morgan fingerprint density at radius 1 is 0.971 bits per heavy atom. The van der Waals surface area contributed by atoms with E-state index in [4.69, 9.17) is 4.74 Å². The van der Waals surface area contributed by atoms with Gasteiger partial charge in [0, 0.05) is 35.9 Å². The number of nitrogens with zero attached hydrogens (tertiary/aromatic N) is 2. The summed E-state index contributed by atoms with van der Waals surface area (Å²) in [5.41, 5.74) is 0.644. The summed E-state index contributed by atoms with van der Waals surface area (Å²) < 4.78 is 60.2. The highest BCUT2D eigenvalue weighted by atomic mass is 32.2. The van der Waals surface area contributed by atoms with E-state index < -0.39 is 26.0 Å². The highest BCUT2D eigenvalue weighted by molar-refractivity contribution is 7.93. The van der Waals surface area contributed by atoms with Gasteiger partial charge in [0.1, 0.15) is 0 Å². The Morgan fingerprint density at radius 3 is 2.14 bits per heavy atom. The molecule has 2 atom stereocenters. The lowest BCUT2D eigenvalue weighted by Crippen LogP contribution is -2.48. The Bertz CT molecular complexity index is 1380. The fourth-order valence-corrected chi connectivity index (χ4v) is 7.00. The van der Waals surface area contributed by atoms with Crippen molar-refractivity contribution in [1.82, 2.24) is 9.29 Å². The number of amides is 1. The number of nitrogens with one attached hydrogen (secondary N) is 2. The molecule has 1 aliphatic heterocycles. The standard InChI is InChI=1S/C22H24N4O6S3/c1-15-13-26(14-16(2)32-15)35(30,31)20-7-3-17(4-8-20)21(27)24-18-5-9-19(10-6-18)34(28,29)25-22-23-11-12-33-22/h3-12,15-16H,13-14H2,1-2H3,(H,23,25)(H,24,27)/t15-,16-/m1/s1. The Morgan fingerprint density at radius 2 is 1.57 bits per heavy atom. The number of ether oxygens (including phenoxy) is 1. The zero-order valence-electron chi connectivity index (χ0n) is 18.9. The molecule has 0 radical (unpaired) electrons. The van der Waals surface area contributed by atoms with E-state index in [9.17, 15) is 21.6 Å². The number of aromatic nitrogens is 1. The first kappa shape index (κ1) is 25.3. The summed E-state index contributed by atoms with van der Waals surface area (Å²) in [5.74, 6) is -0.459. The van der Waals surface area contributed by atoms with Crippen LogP contribution in [0, 0.1) is 0 Å². The van der Waals surface area contributed by atoms with Crippen molar-refractivity contribution < 1.29 is 26.4 Å². The zero-order chi connectivity index (χ0) is 25.2. The molecule has 13 heteroatoms. The fourth-order valence-electron chi connectivity index (χ4n) is 3.62. The number of carbonyl (C=O) groups excluding carboxylic acids is 1. The van der Waals surface area contributed by atoms with Crippen LogP contribution in [-0.2, 0) is 24.8 Å². The lowest BCUT2D eigenvalue weighted by Gasteiger charge is -2.34. The van der Waals surface area contributed by atoms with Gasteiger partial charge >= 0.3 is 0 Å².